The van der Waals surface area contributed by atoms with Gasteiger partial charge in [0, 0.05) is 0 Å². The number of anilines is 1. The number of hydrogen-bond donors (Lipinski definition) is 1. The number of halogens is 1. The number of nitrogens with zero attached hydrogens (tertiary/aromatic N) is 4. The molecule has 2 heterocycles. The minimum atomic E-state index is -0.725. The lowest BCUT2D eigenvalue weighted by Gasteiger charge is -2.05. The van der Waals surface area contributed by atoms with E-state index in [4.69, 9.17) is 22.1 Å². The van der Waals surface area contributed by atoms with Gasteiger partial charge < -0.3 is 15.0 Å². The van der Waals surface area contributed by atoms with E-state index in [1.54, 1.807) is 0 Å². The summed E-state index contributed by atoms with van der Waals surface area (Å²) >= 11 is 5.38. The van der Waals surface area contributed by atoms with Gasteiger partial charge in [-0.2, -0.15) is 0 Å². The van der Waals surface area contributed by atoms with Gasteiger partial charge in [-0.15, -0.1) is 0 Å². The second-order valence-corrected chi connectivity index (χ2v) is 5.32. The van der Waals surface area contributed by atoms with Crippen molar-refractivity contribution in [3.8, 4) is 0 Å². The number of benzene rings is 1. The Hall–Kier alpha value is -3.00. The lowest BCUT2D eigenvalue weighted by atomic mass is 10.2. The van der Waals surface area contributed by atoms with Gasteiger partial charge in [0.05, 0.1) is 12.9 Å². The van der Waals surface area contributed by atoms with E-state index in [1.807, 2.05) is 30.3 Å². The molecule has 0 aliphatic carbocycles. The Balaban J connectivity index is 1.85. The fourth-order valence-corrected chi connectivity index (χ4v) is 2.22. The van der Waals surface area contributed by atoms with Gasteiger partial charge in [-0.05, 0) is 17.2 Å². The number of hydrogen-bond acceptors (Lipinski definition) is 7. The van der Waals surface area contributed by atoms with Crippen LogP contribution in [0, 0.1) is 0 Å². The summed E-state index contributed by atoms with van der Waals surface area (Å²) in [7, 11) is 0. The number of rotatable bonds is 5. The summed E-state index contributed by atoms with van der Waals surface area (Å²) in [6, 6.07) is 9.19. The predicted octanol–water partition coefficient (Wildman–Crippen LogP) is 1.53. The van der Waals surface area contributed by atoms with E-state index in [1.165, 1.54) is 10.9 Å². The largest absolute Gasteiger partial charge is 0.455 e. The van der Waals surface area contributed by atoms with Crippen molar-refractivity contribution in [2.75, 3.05) is 5.73 Å². The zero-order valence-corrected chi connectivity index (χ0v) is 13.1. The third kappa shape index (κ3) is 3.33. The monoisotopic (exact) mass is 345 g/mol. The first-order valence-electron chi connectivity index (χ1n) is 6.92. The summed E-state index contributed by atoms with van der Waals surface area (Å²) in [4.78, 5) is 35.2. The third-order valence-corrected chi connectivity index (χ3v) is 3.30. The molecular weight excluding hydrogens is 334 g/mol. The Morgan fingerprint density at radius 2 is 1.96 bits per heavy atom. The van der Waals surface area contributed by atoms with E-state index in [-0.39, 0.29) is 36.0 Å². The quantitative estimate of drug-likeness (QED) is 0.551. The first-order valence-corrected chi connectivity index (χ1v) is 7.30. The Bertz CT molecular complexity index is 910. The maximum Gasteiger partial charge on any atom is 0.376 e. The number of esters is 1. The molecule has 122 valence electrons. The van der Waals surface area contributed by atoms with Crippen molar-refractivity contribution in [2.24, 2.45) is 0 Å². The number of imidazole rings is 1. The molecule has 0 saturated carbocycles. The van der Waals surface area contributed by atoms with Crippen LogP contribution in [0.1, 0.15) is 16.2 Å². The molecule has 2 N–H and O–H groups in total. The Labute approximate surface area is 141 Å². The van der Waals surface area contributed by atoms with Gasteiger partial charge in [0.2, 0.25) is 11.1 Å². The van der Waals surface area contributed by atoms with Crippen LogP contribution < -0.4 is 5.73 Å². The van der Waals surface area contributed by atoms with Crippen molar-refractivity contribution in [3.63, 3.8) is 0 Å². The maximum absolute atomic E-state index is 12.1. The topological polar surface area (TPSA) is 113 Å². The second-order valence-electron chi connectivity index (χ2n) is 4.89. The number of ether oxygens (including phenoxy) is 1. The molecule has 0 radical (unpaired) electrons. The van der Waals surface area contributed by atoms with Gasteiger partial charge >= 0.3 is 5.97 Å². The third-order valence-electron chi connectivity index (χ3n) is 3.18. The van der Waals surface area contributed by atoms with E-state index >= 15 is 0 Å². The Morgan fingerprint density at radius 3 is 2.67 bits per heavy atom. The summed E-state index contributed by atoms with van der Waals surface area (Å²) < 4.78 is 6.56. The number of nitrogen functional groups attached to an aromatic ring is 1. The maximum atomic E-state index is 12.1. The predicted molar refractivity (Wildman–Crippen MR) is 86.2 cm³/mol. The number of aromatic nitrogens is 4. The van der Waals surface area contributed by atoms with E-state index < -0.39 is 11.2 Å². The van der Waals surface area contributed by atoms with E-state index in [2.05, 4.69) is 15.0 Å². The fourth-order valence-electron chi connectivity index (χ4n) is 2.09. The summed E-state index contributed by atoms with van der Waals surface area (Å²) in [5.74, 6) is -0.912. The molecule has 24 heavy (non-hydrogen) atoms. The highest BCUT2D eigenvalue weighted by atomic mass is 35.5. The summed E-state index contributed by atoms with van der Waals surface area (Å²) in [5.41, 5.74) is 7.15. The number of nitrogens with two attached hydrogens (primary N) is 1. The molecule has 0 aliphatic rings. The summed E-state index contributed by atoms with van der Waals surface area (Å²) in [6.45, 7) is -0.0621. The average molecular weight is 346 g/mol. The van der Waals surface area contributed by atoms with Crippen molar-refractivity contribution in [3.05, 3.63) is 48.0 Å². The number of carbonyl (C=O) groups excluding carboxylic acids is 2. The van der Waals surface area contributed by atoms with Gasteiger partial charge in [-0.25, -0.2) is 19.7 Å². The van der Waals surface area contributed by atoms with Crippen molar-refractivity contribution in [1.82, 2.24) is 19.5 Å². The highest BCUT2D eigenvalue weighted by Gasteiger charge is 2.18. The zero-order valence-electron chi connectivity index (χ0n) is 12.3. The average Bonchev–Trinajstić information content (AvgIpc) is 2.96. The van der Waals surface area contributed by atoms with Crippen LogP contribution in [0.25, 0.3) is 11.2 Å². The Kier molecular flexibility index (Phi) is 4.39. The van der Waals surface area contributed by atoms with Crippen LogP contribution in [0.15, 0.2) is 36.7 Å². The molecule has 3 aromatic rings. The van der Waals surface area contributed by atoms with Crippen LogP contribution >= 0.6 is 11.6 Å². The SMILES string of the molecule is Nc1nc(C(=O)OCc2ccccc2)nc2c1ncn2CC(=O)Cl. The fraction of sp³-hybridized carbons (Fsp3) is 0.133. The molecule has 1 aromatic carbocycles. The van der Waals surface area contributed by atoms with Gasteiger partial charge in [0.1, 0.15) is 12.1 Å². The van der Waals surface area contributed by atoms with Crippen LogP contribution in [0.5, 0.6) is 0 Å². The van der Waals surface area contributed by atoms with Gasteiger partial charge in [-0.3, -0.25) is 4.79 Å². The highest BCUT2D eigenvalue weighted by molar-refractivity contribution is 6.63. The molecule has 8 nitrogen and oxygen atoms in total. The molecular formula is C15H12ClN5O3. The minimum Gasteiger partial charge on any atom is -0.455 e. The van der Waals surface area contributed by atoms with Crippen molar-refractivity contribution < 1.29 is 14.3 Å². The summed E-state index contributed by atoms with van der Waals surface area (Å²) in [6.07, 6.45) is 1.36. The lowest BCUT2D eigenvalue weighted by Crippen LogP contribution is -2.13. The van der Waals surface area contributed by atoms with Crippen molar-refractivity contribution in [2.45, 2.75) is 13.2 Å². The summed E-state index contributed by atoms with van der Waals surface area (Å²) in [5, 5.41) is -0.598. The first kappa shape index (κ1) is 15.9. The molecule has 0 unspecified atom stereocenters. The van der Waals surface area contributed by atoms with Crippen LogP contribution in [0.4, 0.5) is 5.82 Å². The van der Waals surface area contributed by atoms with E-state index in [0.29, 0.717) is 0 Å². The van der Waals surface area contributed by atoms with E-state index in [9.17, 15) is 9.59 Å². The zero-order chi connectivity index (χ0) is 17.1. The molecule has 9 heteroatoms. The standard InChI is InChI=1S/C15H12ClN5O3/c16-10(22)6-21-8-18-11-12(17)19-13(20-14(11)21)15(23)24-7-9-4-2-1-3-5-9/h1-5,8H,6-7H2,(H2,17,19,20). The smallest absolute Gasteiger partial charge is 0.376 e. The molecule has 0 spiro atoms. The molecule has 3 rings (SSSR count). The van der Waals surface area contributed by atoms with Gasteiger partial charge in [0.25, 0.3) is 0 Å². The van der Waals surface area contributed by atoms with Crippen LogP contribution in [-0.4, -0.2) is 30.7 Å². The lowest BCUT2D eigenvalue weighted by molar-refractivity contribution is -0.112. The van der Waals surface area contributed by atoms with Gasteiger partial charge in [0.15, 0.2) is 11.5 Å². The molecule has 0 bridgehead atoms. The molecule has 0 amide bonds. The van der Waals surface area contributed by atoms with Crippen molar-refractivity contribution in [1.29, 1.82) is 0 Å². The number of carbonyl (C=O) groups is 2. The van der Waals surface area contributed by atoms with Crippen LogP contribution in [0.2, 0.25) is 0 Å². The molecule has 0 atom stereocenters. The highest BCUT2D eigenvalue weighted by Crippen LogP contribution is 2.17. The van der Waals surface area contributed by atoms with Crippen LogP contribution in [0.3, 0.4) is 0 Å². The molecule has 0 fully saturated rings. The number of fused-ring (bicyclic) bond motifs is 1. The van der Waals surface area contributed by atoms with Gasteiger partial charge in [-0.1, -0.05) is 30.3 Å². The van der Waals surface area contributed by atoms with Crippen molar-refractivity contribution >= 4 is 39.8 Å². The van der Waals surface area contributed by atoms with E-state index in [0.717, 1.165) is 5.56 Å². The molecule has 0 saturated heterocycles. The minimum absolute atomic E-state index is 0.0208. The van der Waals surface area contributed by atoms with Crippen LogP contribution in [-0.2, 0) is 22.7 Å². The molecule has 2 aromatic heterocycles. The normalized spacial score (nSPS) is 10.7. The first-order chi connectivity index (χ1) is 11.5. The molecule has 0 aliphatic heterocycles. The Morgan fingerprint density at radius 1 is 1.21 bits per heavy atom. The second kappa shape index (κ2) is 6.63.